The largest absolute Gasteiger partial charge is 0.378 e. The van der Waals surface area contributed by atoms with Crippen LogP contribution in [-0.4, -0.2) is 21.4 Å². The average molecular weight is 206 g/mol. The van der Waals surface area contributed by atoms with E-state index in [0.717, 1.165) is 19.3 Å². The van der Waals surface area contributed by atoms with Crippen LogP contribution in [0.25, 0.3) is 0 Å². The molecule has 2 heteroatoms. The molecule has 2 nitrogen and oxygen atoms in total. The molecule has 0 heterocycles. The van der Waals surface area contributed by atoms with Gasteiger partial charge in [-0.15, -0.1) is 6.42 Å². The highest BCUT2D eigenvalue weighted by Gasteiger charge is 2.36. The minimum Gasteiger partial charge on any atom is -0.378 e. The fourth-order valence-electron chi connectivity index (χ4n) is 1.78. The van der Waals surface area contributed by atoms with Crippen LogP contribution in [0.2, 0.25) is 0 Å². The first-order valence-electron chi connectivity index (χ1n) is 5.33. The van der Waals surface area contributed by atoms with Gasteiger partial charge in [-0.25, -0.2) is 0 Å². The van der Waals surface area contributed by atoms with Crippen LogP contribution in [0.15, 0.2) is 0 Å². The fraction of sp³-hybridized carbons (Fsp3) is 0.692. The molecule has 0 aromatic carbocycles. The van der Waals surface area contributed by atoms with Crippen molar-refractivity contribution in [1.82, 2.24) is 0 Å². The summed E-state index contributed by atoms with van der Waals surface area (Å²) in [5.74, 6) is 7.87. The molecule has 0 aliphatic heterocycles. The molecule has 1 fully saturated rings. The summed E-state index contributed by atoms with van der Waals surface area (Å²) in [7, 11) is 0. The molecule has 0 aromatic heterocycles. The molecule has 82 valence electrons. The summed E-state index contributed by atoms with van der Waals surface area (Å²) >= 11 is 0. The summed E-state index contributed by atoms with van der Waals surface area (Å²) in [4.78, 5) is 0. The molecule has 1 aliphatic rings. The molecular weight excluding hydrogens is 188 g/mol. The van der Waals surface area contributed by atoms with Gasteiger partial charge >= 0.3 is 0 Å². The molecule has 1 rings (SSSR count). The molecule has 15 heavy (non-hydrogen) atoms. The van der Waals surface area contributed by atoms with Crippen LogP contribution in [0.3, 0.4) is 0 Å². The highest BCUT2D eigenvalue weighted by atomic mass is 16.3. The molecule has 2 unspecified atom stereocenters. The second-order valence-electron chi connectivity index (χ2n) is 4.70. The first-order chi connectivity index (χ1) is 6.87. The lowest BCUT2D eigenvalue weighted by Gasteiger charge is -2.32. The van der Waals surface area contributed by atoms with E-state index in [9.17, 15) is 10.2 Å². The van der Waals surface area contributed by atoms with Gasteiger partial charge in [-0.05, 0) is 33.1 Å². The van der Waals surface area contributed by atoms with Gasteiger partial charge in [0.1, 0.15) is 11.2 Å². The van der Waals surface area contributed by atoms with Gasteiger partial charge in [0.15, 0.2) is 0 Å². The Labute approximate surface area is 91.7 Å². The van der Waals surface area contributed by atoms with E-state index in [-0.39, 0.29) is 5.92 Å². The van der Waals surface area contributed by atoms with Crippen molar-refractivity contribution in [2.45, 2.75) is 50.7 Å². The summed E-state index contributed by atoms with van der Waals surface area (Å²) in [6, 6.07) is 0. The minimum absolute atomic E-state index is 0.206. The summed E-state index contributed by atoms with van der Waals surface area (Å²) < 4.78 is 0. The van der Waals surface area contributed by atoms with Gasteiger partial charge in [-0.2, -0.15) is 0 Å². The van der Waals surface area contributed by atoms with E-state index in [1.54, 1.807) is 13.8 Å². The number of terminal acetylenes is 1. The Bertz CT molecular complexity index is 321. The molecule has 1 aliphatic carbocycles. The molecule has 0 amide bonds. The SMILES string of the molecule is C#CC1(O)CCCCC1C#CC(C)(C)O. The van der Waals surface area contributed by atoms with E-state index < -0.39 is 11.2 Å². The molecule has 0 spiro atoms. The second-order valence-corrected chi connectivity index (χ2v) is 4.70. The van der Waals surface area contributed by atoms with Crippen molar-refractivity contribution in [1.29, 1.82) is 0 Å². The zero-order valence-electron chi connectivity index (χ0n) is 9.38. The third-order valence-corrected chi connectivity index (χ3v) is 2.68. The van der Waals surface area contributed by atoms with Crippen LogP contribution in [0.4, 0.5) is 0 Å². The van der Waals surface area contributed by atoms with E-state index in [1.165, 1.54) is 0 Å². The first kappa shape index (κ1) is 12.1. The normalized spacial score (nSPS) is 31.3. The van der Waals surface area contributed by atoms with Crippen molar-refractivity contribution in [3.63, 3.8) is 0 Å². The zero-order valence-corrected chi connectivity index (χ0v) is 9.38. The Kier molecular flexibility index (Phi) is 3.45. The van der Waals surface area contributed by atoms with Crippen molar-refractivity contribution < 1.29 is 10.2 Å². The average Bonchev–Trinajstić information content (AvgIpc) is 2.15. The molecule has 0 bridgehead atoms. The predicted octanol–water partition coefficient (Wildman–Crippen LogP) is 1.32. The standard InChI is InChI=1S/C13H18O2/c1-4-13(15)9-6-5-7-11(13)8-10-12(2,3)14/h1,11,14-15H,5-7,9H2,2-3H3. The fourth-order valence-corrected chi connectivity index (χ4v) is 1.78. The Morgan fingerprint density at radius 2 is 2.07 bits per heavy atom. The van der Waals surface area contributed by atoms with Gasteiger partial charge in [0, 0.05) is 0 Å². The molecule has 1 saturated carbocycles. The lowest BCUT2D eigenvalue weighted by molar-refractivity contribution is 0.0288. The number of hydrogen-bond donors (Lipinski definition) is 2. The Morgan fingerprint density at radius 3 is 2.60 bits per heavy atom. The van der Waals surface area contributed by atoms with Gasteiger partial charge in [-0.1, -0.05) is 24.2 Å². The van der Waals surface area contributed by atoms with Crippen molar-refractivity contribution in [3.05, 3.63) is 0 Å². The topological polar surface area (TPSA) is 40.5 Å². The van der Waals surface area contributed by atoms with Crippen LogP contribution in [0, 0.1) is 30.1 Å². The molecular formula is C13H18O2. The van der Waals surface area contributed by atoms with E-state index in [4.69, 9.17) is 6.42 Å². The summed E-state index contributed by atoms with van der Waals surface area (Å²) in [5, 5.41) is 19.6. The molecule has 2 atom stereocenters. The second kappa shape index (κ2) is 4.27. The van der Waals surface area contributed by atoms with Crippen molar-refractivity contribution in [2.75, 3.05) is 0 Å². The van der Waals surface area contributed by atoms with Crippen LogP contribution in [0.5, 0.6) is 0 Å². The maximum atomic E-state index is 10.1. The highest BCUT2D eigenvalue weighted by molar-refractivity contribution is 5.23. The highest BCUT2D eigenvalue weighted by Crippen LogP contribution is 2.32. The van der Waals surface area contributed by atoms with Gasteiger partial charge in [0.25, 0.3) is 0 Å². The molecule has 0 radical (unpaired) electrons. The lowest BCUT2D eigenvalue weighted by atomic mass is 9.76. The number of rotatable bonds is 0. The number of hydrogen-bond acceptors (Lipinski definition) is 2. The van der Waals surface area contributed by atoms with Crippen molar-refractivity contribution in [2.24, 2.45) is 5.92 Å². The third kappa shape index (κ3) is 3.27. The van der Waals surface area contributed by atoms with E-state index >= 15 is 0 Å². The van der Waals surface area contributed by atoms with Gasteiger partial charge in [-0.3, -0.25) is 0 Å². The monoisotopic (exact) mass is 206 g/mol. The first-order valence-corrected chi connectivity index (χ1v) is 5.33. The maximum Gasteiger partial charge on any atom is 0.138 e. The van der Waals surface area contributed by atoms with E-state index in [1.807, 2.05) is 0 Å². The van der Waals surface area contributed by atoms with E-state index in [0.29, 0.717) is 6.42 Å². The van der Waals surface area contributed by atoms with Crippen molar-refractivity contribution >= 4 is 0 Å². The summed E-state index contributed by atoms with van der Waals surface area (Å²) in [5.41, 5.74) is -2.12. The molecule has 0 aromatic rings. The van der Waals surface area contributed by atoms with Crippen LogP contribution in [0.1, 0.15) is 39.5 Å². The Hall–Kier alpha value is -0.960. The van der Waals surface area contributed by atoms with Crippen LogP contribution in [-0.2, 0) is 0 Å². The Morgan fingerprint density at radius 1 is 1.40 bits per heavy atom. The zero-order chi connectivity index (χ0) is 11.5. The quantitative estimate of drug-likeness (QED) is 0.587. The van der Waals surface area contributed by atoms with Gasteiger partial charge in [0.05, 0.1) is 5.92 Å². The predicted molar refractivity (Wildman–Crippen MR) is 59.8 cm³/mol. The lowest BCUT2D eigenvalue weighted by Crippen LogP contribution is -2.38. The van der Waals surface area contributed by atoms with Crippen LogP contribution >= 0.6 is 0 Å². The maximum absolute atomic E-state index is 10.1. The van der Waals surface area contributed by atoms with E-state index in [2.05, 4.69) is 17.8 Å². The summed E-state index contributed by atoms with van der Waals surface area (Å²) in [6.07, 6.45) is 8.73. The van der Waals surface area contributed by atoms with Crippen molar-refractivity contribution in [3.8, 4) is 24.2 Å². The van der Waals surface area contributed by atoms with Crippen LogP contribution < -0.4 is 0 Å². The van der Waals surface area contributed by atoms with Gasteiger partial charge in [0.2, 0.25) is 0 Å². The van der Waals surface area contributed by atoms with Gasteiger partial charge < -0.3 is 10.2 Å². The smallest absolute Gasteiger partial charge is 0.138 e. The number of aliphatic hydroxyl groups is 2. The molecule has 0 saturated heterocycles. The molecule has 2 N–H and O–H groups in total. The Balaban J connectivity index is 2.83. The minimum atomic E-state index is -1.10. The summed E-state index contributed by atoms with van der Waals surface area (Å²) in [6.45, 7) is 3.25. The third-order valence-electron chi connectivity index (χ3n) is 2.68.